The molecule has 3 heteroatoms. The Hall–Kier alpha value is -0.730. The molecule has 1 N–H and O–H groups in total. The van der Waals surface area contributed by atoms with Crippen LogP contribution in [0.3, 0.4) is 0 Å². The van der Waals surface area contributed by atoms with Gasteiger partial charge in [-0.05, 0) is 37.6 Å². The Labute approximate surface area is 109 Å². The number of benzene rings is 1. The largest absolute Gasteiger partial charge is 0.494 e. The van der Waals surface area contributed by atoms with E-state index in [9.17, 15) is 0 Å². The summed E-state index contributed by atoms with van der Waals surface area (Å²) in [7, 11) is 0. The van der Waals surface area contributed by atoms with Crippen LogP contribution >= 0.6 is 11.6 Å². The molecule has 0 aliphatic rings. The van der Waals surface area contributed by atoms with Gasteiger partial charge in [-0.2, -0.15) is 0 Å². The Bertz CT molecular complexity index is 341. The average Bonchev–Trinajstić information content (AvgIpc) is 2.29. The minimum atomic E-state index is 0.275. The Morgan fingerprint density at radius 2 is 2.12 bits per heavy atom. The summed E-state index contributed by atoms with van der Waals surface area (Å²) < 4.78 is 5.62. The molecule has 0 aromatic heterocycles. The molecular weight excluding hydrogens is 234 g/mol. The number of unbranched alkanes of at least 4 members (excludes halogenated alkanes) is 1. The van der Waals surface area contributed by atoms with Crippen LogP contribution in [0.25, 0.3) is 0 Å². The van der Waals surface area contributed by atoms with Gasteiger partial charge in [0, 0.05) is 11.1 Å². The van der Waals surface area contributed by atoms with E-state index in [1.54, 1.807) is 0 Å². The lowest BCUT2D eigenvalue weighted by atomic mass is 10.1. The summed E-state index contributed by atoms with van der Waals surface area (Å²) in [6.07, 6.45) is 2.22. The fraction of sp³-hybridized carbons (Fsp3) is 0.571. The minimum absolute atomic E-state index is 0.275. The maximum absolute atomic E-state index is 6.25. The number of nitrogens with one attached hydrogen (secondary N) is 1. The van der Waals surface area contributed by atoms with Crippen molar-refractivity contribution in [3.8, 4) is 5.75 Å². The number of rotatable bonds is 7. The van der Waals surface area contributed by atoms with Crippen molar-refractivity contribution in [3.05, 3.63) is 28.8 Å². The number of hydrogen-bond donors (Lipinski definition) is 1. The molecule has 1 rings (SSSR count). The molecular formula is C14H22ClNO. The lowest BCUT2D eigenvalue weighted by Crippen LogP contribution is -2.17. The first kappa shape index (κ1) is 14.3. The molecule has 17 heavy (non-hydrogen) atoms. The van der Waals surface area contributed by atoms with Gasteiger partial charge in [0.15, 0.2) is 0 Å². The smallest absolute Gasteiger partial charge is 0.120 e. The van der Waals surface area contributed by atoms with E-state index in [1.165, 1.54) is 0 Å². The second-order valence-electron chi connectivity index (χ2n) is 4.16. The third-order valence-electron chi connectivity index (χ3n) is 2.72. The molecule has 0 bridgehead atoms. The second-order valence-corrected chi connectivity index (χ2v) is 4.57. The second kappa shape index (κ2) is 7.57. The Morgan fingerprint density at radius 3 is 2.71 bits per heavy atom. The highest BCUT2D eigenvalue weighted by atomic mass is 35.5. The van der Waals surface area contributed by atoms with Gasteiger partial charge in [0.1, 0.15) is 5.75 Å². The molecule has 0 radical (unpaired) electrons. The van der Waals surface area contributed by atoms with Crippen molar-refractivity contribution in [1.29, 1.82) is 0 Å². The summed E-state index contributed by atoms with van der Waals surface area (Å²) in [5, 5.41) is 4.12. The highest BCUT2D eigenvalue weighted by molar-refractivity contribution is 6.31. The highest BCUT2D eigenvalue weighted by Crippen LogP contribution is 2.27. The zero-order chi connectivity index (χ0) is 12.7. The molecule has 2 nitrogen and oxygen atoms in total. The van der Waals surface area contributed by atoms with Crippen LogP contribution in [0.5, 0.6) is 5.75 Å². The fourth-order valence-corrected chi connectivity index (χ4v) is 2.03. The maximum Gasteiger partial charge on any atom is 0.120 e. The van der Waals surface area contributed by atoms with Gasteiger partial charge in [0.2, 0.25) is 0 Å². The van der Waals surface area contributed by atoms with E-state index in [2.05, 4.69) is 26.1 Å². The molecule has 0 aliphatic heterocycles. The van der Waals surface area contributed by atoms with Crippen LogP contribution in [0, 0.1) is 0 Å². The predicted molar refractivity (Wildman–Crippen MR) is 73.9 cm³/mol. The van der Waals surface area contributed by atoms with Crippen molar-refractivity contribution in [2.45, 2.75) is 39.7 Å². The number of ether oxygens (including phenoxy) is 1. The van der Waals surface area contributed by atoms with Crippen molar-refractivity contribution in [1.82, 2.24) is 5.32 Å². The van der Waals surface area contributed by atoms with Crippen LogP contribution in [0.4, 0.5) is 0 Å². The lowest BCUT2D eigenvalue weighted by Gasteiger charge is -2.15. The van der Waals surface area contributed by atoms with E-state index in [0.29, 0.717) is 0 Å². The standard InChI is InChI=1S/C14H22ClNO/c1-4-6-9-17-12-7-8-13(14(15)10-12)11(3)16-5-2/h7-8,10-11,16H,4-6,9H2,1-3H3. The summed E-state index contributed by atoms with van der Waals surface area (Å²) in [6.45, 7) is 8.05. The molecule has 96 valence electrons. The first-order valence-corrected chi connectivity index (χ1v) is 6.72. The Morgan fingerprint density at radius 1 is 1.35 bits per heavy atom. The number of halogens is 1. The molecule has 1 unspecified atom stereocenters. The summed E-state index contributed by atoms with van der Waals surface area (Å²) in [4.78, 5) is 0. The third kappa shape index (κ3) is 4.57. The van der Waals surface area contributed by atoms with Crippen LogP contribution in [-0.2, 0) is 0 Å². The van der Waals surface area contributed by atoms with Gasteiger partial charge in [-0.15, -0.1) is 0 Å². The molecule has 0 spiro atoms. The van der Waals surface area contributed by atoms with Crippen LogP contribution in [0.2, 0.25) is 5.02 Å². The molecule has 1 aromatic carbocycles. The topological polar surface area (TPSA) is 21.3 Å². The molecule has 1 atom stereocenters. The molecule has 0 fully saturated rings. The Balaban J connectivity index is 2.65. The van der Waals surface area contributed by atoms with E-state index >= 15 is 0 Å². The molecule has 1 aromatic rings. The van der Waals surface area contributed by atoms with Gasteiger partial charge in [-0.1, -0.05) is 37.9 Å². The third-order valence-corrected chi connectivity index (χ3v) is 3.04. The van der Waals surface area contributed by atoms with Gasteiger partial charge in [-0.3, -0.25) is 0 Å². The highest BCUT2D eigenvalue weighted by Gasteiger charge is 2.09. The van der Waals surface area contributed by atoms with E-state index in [-0.39, 0.29) is 6.04 Å². The van der Waals surface area contributed by atoms with Crippen LogP contribution in [-0.4, -0.2) is 13.2 Å². The van der Waals surface area contributed by atoms with Crippen molar-refractivity contribution in [2.24, 2.45) is 0 Å². The van der Waals surface area contributed by atoms with E-state index < -0.39 is 0 Å². The minimum Gasteiger partial charge on any atom is -0.494 e. The summed E-state index contributed by atoms with van der Waals surface area (Å²) in [6, 6.07) is 6.21. The first-order chi connectivity index (χ1) is 8.19. The Kier molecular flexibility index (Phi) is 6.38. The molecule has 0 amide bonds. The van der Waals surface area contributed by atoms with E-state index in [0.717, 1.165) is 42.3 Å². The van der Waals surface area contributed by atoms with Gasteiger partial charge in [-0.25, -0.2) is 0 Å². The summed E-state index contributed by atoms with van der Waals surface area (Å²) >= 11 is 6.25. The van der Waals surface area contributed by atoms with Gasteiger partial charge in [0.05, 0.1) is 6.61 Å². The van der Waals surface area contributed by atoms with Gasteiger partial charge in [0.25, 0.3) is 0 Å². The first-order valence-electron chi connectivity index (χ1n) is 6.34. The monoisotopic (exact) mass is 255 g/mol. The molecule has 0 saturated heterocycles. The van der Waals surface area contributed by atoms with E-state index in [4.69, 9.17) is 16.3 Å². The van der Waals surface area contributed by atoms with Crippen LogP contribution in [0.15, 0.2) is 18.2 Å². The van der Waals surface area contributed by atoms with E-state index in [1.807, 2.05) is 18.2 Å². The molecule has 0 saturated carbocycles. The zero-order valence-corrected chi connectivity index (χ0v) is 11.7. The van der Waals surface area contributed by atoms with Crippen LogP contribution in [0.1, 0.15) is 45.2 Å². The number of hydrogen-bond acceptors (Lipinski definition) is 2. The normalized spacial score (nSPS) is 12.5. The summed E-state index contributed by atoms with van der Waals surface area (Å²) in [5.41, 5.74) is 1.12. The summed E-state index contributed by atoms with van der Waals surface area (Å²) in [5.74, 6) is 0.857. The van der Waals surface area contributed by atoms with Crippen molar-refractivity contribution in [2.75, 3.05) is 13.2 Å². The average molecular weight is 256 g/mol. The quantitative estimate of drug-likeness (QED) is 0.738. The fourth-order valence-electron chi connectivity index (χ4n) is 1.70. The predicted octanol–water partition coefficient (Wildman–Crippen LogP) is 4.19. The SMILES string of the molecule is CCCCOc1ccc(C(C)NCC)c(Cl)c1. The van der Waals surface area contributed by atoms with Crippen LogP contribution < -0.4 is 10.1 Å². The van der Waals surface area contributed by atoms with Crippen molar-refractivity contribution >= 4 is 11.6 Å². The van der Waals surface area contributed by atoms with Crippen molar-refractivity contribution < 1.29 is 4.74 Å². The molecule has 0 heterocycles. The lowest BCUT2D eigenvalue weighted by molar-refractivity contribution is 0.309. The van der Waals surface area contributed by atoms with Gasteiger partial charge < -0.3 is 10.1 Å². The zero-order valence-electron chi connectivity index (χ0n) is 10.9. The maximum atomic E-state index is 6.25. The van der Waals surface area contributed by atoms with Crippen molar-refractivity contribution in [3.63, 3.8) is 0 Å². The molecule has 0 aliphatic carbocycles. The van der Waals surface area contributed by atoms with Gasteiger partial charge >= 0.3 is 0 Å².